The van der Waals surface area contributed by atoms with Gasteiger partial charge in [-0.1, -0.05) is 36.8 Å². The first-order chi connectivity index (χ1) is 9.31. The Hall–Kier alpha value is -1.84. The molecule has 110 valence electrons. The monoisotopic (exact) mass is 277 g/mol. The van der Waals surface area contributed by atoms with Crippen molar-refractivity contribution in [3.8, 4) is 0 Å². The number of benzene rings is 1. The van der Waals surface area contributed by atoms with E-state index in [0.717, 1.165) is 5.56 Å². The van der Waals surface area contributed by atoms with Crippen molar-refractivity contribution in [2.45, 2.75) is 40.2 Å². The van der Waals surface area contributed by atoms with Gasteiger partial charge in [0.05, 0.1) is 0 Å². The Bertz CT molecular complexity index is 465. The van der Waals surface area contributed by atoms with E-state index in [1.165, 1.54) is 10.5 Å². The summed E-state index contributed by atoms with van der Waals surface area (Å²) in [6, 6.07) is 7.94. The summed E-state index contributed by atoms with van der Waals surface area (Å²) in [5.41, 5.74) is 2.28. The van der Waals surface area contributed by atoms with Crippen LogP contribution in [0, 0.1) is 12.8 Å². The van der Waals surface area contributed by atoms with Gasteiger partial charge in [0, 0.05) is 12.0 Å². The van der Waals surface area contributed by atoms with Crippen LogP contribution in [0.25, 0.3) is 0 Å². The van der Waals surface area contributed by atoms with Gasteiger partial charge in [-0.3, -0.25) is 9.59 Å². The Kier molecular flexibility index (Phi) is 5.74. The molecule has 0 saturated carbocycles. The van der Waals surface area contributed by atoms with Crippen LogP contribution in [0.15, 0.2) is 24.3 Å². The molecule has 1 atom stereocenters. The molecule has 0 aromatic heterocycles. The van der Waals surface area contributed by atoms with Crippen LogP contribution in [-0.4, -0.2) is 34.5 Å². The Morgan fingerprint density at radius 1 is 1.15 bits per heavy atom. The second kappa shape index (κ2) is 7.08. The molecule has 20 heavy (non-hydrogen) atoms. The first-order valence-corrected chi connectivity index (χ1v) is 6.89. The van der Waals surface area contributed by atoms with Crippen LogP contribution >= 0.6 is 0 Å². The summed E-state index contributed by atoms with van der Waals surface area (Å²) >= 11 is 0. The first kappa shape index (κ1) is 16.2. The molecule has 0 heterocycles. The zero-order valence-electron chi connectivity index (χ0n) is 12.6. The van der Waals surface area contributed by atoms with Crippen LogP contribution in [0.2, 0.25) is 0 Å². The molecule has 0 aliphatic heterocycles. The van der Waals surface area contributed by atoms with Gasteiger partial charge in [-0.15, -0.1) is 0 Å². The minimum Gasteiger partial charge on any atom is -0.480 e. The van der Waals surface area contributed by atoms with Crippen molar-refractivity contribution in [1.82, 2.24) is 4.90 Å². The lowest BCUT2D eigenvalue weighted by Gasteiger charge is -2.28. The van der Waals surface area contributed by atoms with E-state index in [0.29, 0.717) is 6.42 Å². The van der Waals surface area contributed by atoms with E-state index in [9.17, 15) is 9.59 Å². The summed E-state index contributed by atoms with van der Waals surface area (Å²) in [5, 5.41) is 8.89. The highest BCUT2D eigenvalue weighted by Gasteiger charge is 2.24. The second-order valence-corrected chi connectivity index (χ2v) is 5.54. The highest BCUT2D eigenvalue weighted by Crippen LogP contribution is 2.14. The third kappa shape index (κ3) is 4.68. The number of amides is 1. The van der Waals surface area contributed by atoms with Crippen LogP contribution in [0.5, 0.6) is 0 Å². The van der Waals surface area contributed by atoms with E-state index >= 15 is 0 Å². The highest BCUT2D eigenvalue weighted by molar-refractivity contribution is 5.83. The average molecular weight is 277 g/mol. The Balaban J connectivity index is 2.73. The van der Waals surface area contributed by atoms with Crippen LogP contribution < -0.4 is 0 Å². The second-order valence-electron chi connectivity index (χ2n) is 5.54. The summed E-state index contributed by atoms with van der Waals surface area (Å²) in [4.78, 5) is 24.6. The van der Waals surface area contributed by atoms with Gasteiger partial charge in [0.25, 0.3) is 0 Å². The molecule has 0 spiro atoms. The molecule has 4 heteroatoms. The lowest BCUT2D eigenvalue weighted by Crippen LogP contribution is -2.43. The predicted octanol–water partition coefficient (Wildman–Crippen LogP) is 2.50. The maximum atomic E-state index is 12.4. The predicted molar refractivity (Wildman–Crippen MR) is 78.5 cm³/mol. The highest BCUT2D eigenvalue weighted by atomic mass is 16.4. The summed E-state index contributed by atoms with van der Waals surface area (Å²) < 4.78 is 0. The molecule has 0 radical (unpaired) electrons. The molecule has 0 fully saturated rings. The molecule has 1 N–H and O–H groups in total. The van der Waals surface area contributed by atoms with Gasteiger partial charge in [0.2, 0.25) is 5.91 Å². The van der Waals surface area contributed by atoms with E-state index < -0.39 is 5.97 Å². The number of hydrogen-bond acceptors (Lipinski definition) is 2. The van der Waals surface area contributed by atoms with Gasteiger partial charge < -0.3 is 10.0 Å². The lowest BCUT2D eigenvalue weighted by molar-refractivity contribution is -0.147. The van der Waals surface area contributed by atoms with Crippen molar-refractivity contribution in [3.63, 3.8) is 0 Å². The topological polar surface area (TPSA) is 57.6 Å². The van der Waals surface area contributed by atoms with Crippen molar-refractivity contribution in [3.05, 3.63) is 35.4 Å². The number of aryl methyl sites for hydroxylation is 1. The molecule has 1 amide bonds. The zero-order chi connectivity index (χ0) is 15.3. The summed E-state index contributed by atoms with van der Waals surface area (Å²) in [7, 11) is 0. The zero-order valence-corrected chi connectivity index (χ0v) is 12.6. The number of carboxylic acids is 1. The van der Waals surface area contributed by atoms with Gasteiger partial charge in [0.1, 0.15) is 6.54 Å². The van der Waals surface area contributed by atoms with Gasteiger partial charge in [0.15, 0.2) is 0 Å². The maximum Gasteiger partial charge on any atom is 0.323 e. The Morgan fingerprint density at radius 2 is 1.70 bits per heavy atom. The van der Waals surface area contributed by atoms with E-state index in [1.807, 2.05) is 52.0 Å². The molecule has 0 aliphatic rings. The molecule has 0 saturated heterocycles. The Morgan fingerprint density at radius 3 is 2.15 bits per heavy atom. The number of rotatable bonds is 6. The number of aliphatic carboxylic acids is 1. The van der Waals surface area contributed by atoms with E-state index in [1.54, 1.807) is 0 Å². The number of carbonyl (C=O) groups excluding carboxylic acids is 1. The molecule has 1 rings (SSSR count). The van der Waals surface area contributed by atoms with E-state index in [4.69, 9.17) is 5.11 Å². The summed E-state index contributed by atoms with van der Waals surface area (Å²) in [5.74, 6) is -1.31. The first-order valence-electron chi connectivity index (χ1n) is 6.89. The van der Waals surface area contributed by atoms with Crippen molar-refractivity contribution < 1.29 is 14.7 Å². The molecule has 1 aromatic rings. The van der Waals surface area contributed by atoms with Crippen molar-refractivity contribution in [1.29, 1.82) is 0 Å². The van der Waals surface area contributed by atoms with E-state index in [-0.39, 0.29) is 24.4 Å². The van der Waals surface area contributed by atoms with E-state index in [2.05, 4.69) is 0 Å². The fourth-order valence-electron chi connectivity index (χ4n) is 2.11. The normalized spacial score (nSPS) is 12.2. The van der Waals surface area contributed by atoms with Gasteiger partial charge in [-0.25, -0.2) is 0 Å². The smallest absolute Gasteiger partial charge is 0.323 e. The fraction of sp³-hybridized carbons (Fsp3) is 0.500. The number of nitrogens with zero attached hydrogens (tertiary/aromatic N) is 1. The molecular formula is C16H23NO3. The lowest BCUT2D eigenvalue weighted by atomic mass is 9.98. The van der Waals surface area contributed by atoms with Gasteiger partial charge in [-0.05, 0) is 32.8 Å². The van der Waals surface area contributed by atoms with Gasteiger partial charge >= 0.3 is 5.97 Å². The SMILES string of the molecule is Cc1ccc(CC(C)C(=O)N(CC(=O)O)C(C)C)cc1. The van der Waals surface area contributed by atoms with Crippen LogP contribution in [0.4, 0.5) is 0 Å². The van der Waals surface area contributed by atoms with Crippen molar-refractivity contribution in [2.75, 3.05) is 6.54 Å². The van der Waals surface area contributed by atoms with Gasteiger partial charge in [-0.2, -0.15) is 0 Å². The molecule has 1 aromatic carbocycles. The molecule has 0 aliphatic carbocycles. The molecule has 4 nitrogen and oxygen atoms in total. The van der Waals surface area contributed by atoms with Crippen LogP contribution in [0.3, 0.4) is 0 Å². The summed E-state index contributed by atoms with van der Waals surface area (Å²) in [6.07, 6.45) is 0.627. The standard InChI is InChI=1S/C16H23NO3/c1-11(2)17(10-15(18)19)16(20)13(4)9-14-7-5-12(3)6-8-14/h5-8,11,13H,9-10H2,1-4H3,(H,18,19). The molecular weight excluding hydrogens is 254 g/mol. The average Bonchev–Trinajstić information content (AvgIpc) is 2.37. The van der Waals surface area contributed by atoms with Crippen LogP contribution in [-0.2, 0) is 16.0 Å². The number of carboxylic acid groups (broad SMARTS) is 1. The minimum atomic E-state index is -0.977. The maximum absolute atomic E-state index is 12.4. The van der Waals surface area contributed by atoms with Crippen molar-refractivity contribution >= 4 is 11.9 Å². The molecule has 0 bridgehead atoms. The van der Waals surface area contributed by atoms with Crippen LogP contribution in [0.1, 0.15) is 31.9 Å². The third-order valence-electron chi connectivity index (χ3n) is 3.30. The quantitative estimate of drug-likeness (QED) is 0.869. The number of carbonyl (C=O) groups is 2. The fourth-order valence-corrected chi connectivity index (χ4v) is 2.11. The van der Waals surface area contributed by atoms with Crippen molar-refractivity contribution in [2.24, 2.45) is 5.92 Å². The molecule has 1 unspecified atom stereocenters. The largest absolute Gasteiger partial charge is 0.480 e. The minimum absolute atomic E-state index is 0.108. The third-order valence-corrected chi connectivity index (χ3v) is 3.30. The summed E-state index contributed by atoms with van der Waals surface area (Å²) in [6.45, 7) is 7.29. The Labute approximate surface area is 120 Å². The number of hydrogen-bond donors (Lipinski definition) is 1.